The number of rotatable bonds is 10. The molecule has 0 radical (unpaired) electrons. The normalized spacial score (nSPS) is 10.7. The van der Waals surface area contributed by atoms with Gasteiger partial charge in [-0.1, -0.05) is 18.2 Å². The van der Waals surface area contributed by atoms with E-state index in [0.29, 0.717) is 31.8 Å². The van der Waals surface area contributed by atoms with E-state index in [1.807, 2.05) is 0 Å². The van der Waals surface area contributed by atoms with Gasteiger partial charge in [-0.2, -0.15) is 8.78 Å². The first-order valence-corrected chi connectivity index (χ1v) is 6.62. The summed E-state index contributed by atoms with van der Waals surface area (Å²) < 4.78 is 33.7. The van der Waals surface area contributed by atoms with Gasteiger partial charge in [0, 0.05) is 32.3 Å². The number of nitrogens with one attached hydrogen (secondary N) is 2. The zero-order chi connectivity index (χ0) is 15.5. The van der Waals surface area contributed by atoms with Gasteiger partial charge in [0.05, 0.1) is 13.0 Å². The highest BCUT2D eigenvalue weighted by molar-refractivity contribution is 5.79. The molecular weight excluding hydrogens is 282 g/mol. The average molecular weight is 302 g/mol. The van der Waals surface area contributed by atoms with Crippen LogP contribution in [0, 0.1) is 0 Å². The van der Waals surface area contributed by atoms with Crippen molar-refractivity contribution < 1.29 is 23.0 Å². The summed E-state index contributed by atoms with van der Waals surface area (Å²) in [6.45, 7) is -0.520. The van der Waals surface area contributed by atoms with Crippen molar-refractivity contribution in [3.05, 3.63) is 29.8 Å². The van der Waals surface area contributed by atoms with Gasteiger partial charge >= 0.3 is 6.61 Å². The predicted octanol–water partition coefficient (Wildman–Crippen LogP) is 1.18. The van der Waals surface area contributed by atoms with E-state index in [1.54, 1.807) is 25.3 Å². The quantitative estimate of drug-likeness (QED) is 0.637. The highest BCUT2D eigenvalue weighted by Crippen LogP contribution is 2.20. The van der Waals surface area contributed by atoms with Crippen LogP contribution in [0.5, 0.6) is 5.75 Å². The van der Waals surface area contributed by atoms with Gasteiger partial charge in [0.2, 0.25) is 5.91 Å². The summed E-state index contributed by atoms with van der Waals surface area (Å²) in [7, 11) is 1.61. The van der Waals surface area contributed by atoms with Gasteiger partial charge in [-0.05, 0) is 6.07 Å². The number of carbonyl (C=O) groups excluding carboxylic acids is 1. The summed E-state index contributed by atoms with van der Waals surface area (Å²) in [5.74, 6) is -0.213. The zero-order valence-electron chi connectivity index (χ0n) is 11.9. The SMILES string of the molecule is COCCNCCNC(=O)Cc1ccccc1OC(F)F. The van der Waals surface area contributed by atoms with Crippen LogP contribution in [0.4, 0.5) is 8.78 Å². The molecule has 0 atom stereocenters. The number of carbonyl (C=O) groups is 1. The second-order valence-electron chi connectivity index (χ2n) is 4.26. The maximum absolute atomic E-state index is 12.2. The van der Waals surface area contributed by atoms with Crippen LogP contribution in [0.2, 0.25) is 0 Å². The van der Waals surface area contributed by atoms with Crippen LogP contribution in [0.1, 0.15) is 5.56 Å². The molecule has 118 valence electrons. The molecular formula is C14H20F2N2O3. The Kier molecular flexibility index (Phi) is 8.30. The van der Waals surface area contributed by atoms with Crippen molar-refractivity contribution in [3.63, 3.8) is 0 Å². The number of ether oxygens (including phenoxy) is 2. The minimum Gasteiger partial charge on any atom is -0.435 e. The van der Waals surface area contributed by atoms with E-state index in [9.17, 15) is 13.6 Å². The van der Waals surface area contributed by atoms with E-state index in [2.05, 4.69) is 15.4 Å². The molecule has 0 aliphatic rings. The molecule has 1 aromatic rings. The Labute approximate surface area is 122 Å². The molecule has 0 saturated heterocycles. The highest BCUT2D eigenvalue weighted by atomic mass is 19.3. The summed E-state index contributed by atoms with van der Waals surface area (Å²) in [6, 6.07) is 6.27. The molecule has 0 aliphatic carbocycles. The third-order valence-corrected chi connectivity index (χ3v) is 2.65. The lowest BCUT2D eigenvalue weighted by Gasteiger charge is -2.11. The highest BCUT2D eigenvalue weighted by Gasteiger charge is 2.11. The molecule has 5 nitrogen and oxygen atoms in total. The van der Waals surface area contributed by atoms with E-state index in [0.717, 1.165) is 0 Å². The Balaban J connectivity index is 2.34. The fourth-order valence-corrected chi connectivity index (χ4v) is 1.69. The van der Waals surface area contributed by atoms with Crippen molar-refractivity contribution in [2.24, 2.45) is 0 Å². The maximum Gasteiger partial charge on any atom is 0.387 e. The Hall–Kier alpha value is -1.73. The van der Waals surface area contributed by atoms with Gasteiger partial charge in [0.25, 0.3) is 0 Å². The van der Waals surface area contributed by atoms with Gasteiger partial charge in [-0.3, -0.25) is 4.79 Å². The van der Waals surface area contributed by atoms with E-state index >= 15 is 0 Å². The van der Waals surface area contributed by atoms with Gasteiger partial charge in [0.15, 0.2) is 0 Å². The van der Waals surface area contributed by atoms with Crippen LogP contribution in [-0.2, 0) is 16.0 Å². The molecule has 0 unspecified atom stereocenters. The number of halogens is 2. The number of benzene rings is 1. The first kappa shape index (κ1) is 17.3. The van der Waals surface area contributed by atoms with Crippen molar-refractivity contribution in [1.29, 1.82) is 0 Å². The summed E-state index contributed by atoms with van der Waals surface area (Å²) in [5.41, 5.74) is 0.433. The molecule has 0 fully saturated rings. The molecule has 0 spiro atoms. The summed E-state index contributed by atoms with van der Waals surface area (Å²) >= 11 is 0. The first-order valence-electron chi connectivity index (χ1n) is 6.62. The maximum atomic E-state index is 12.2. The van der Waals surface area contributed by atoms with E-state index in [4.69, 9.17) is 4.74 Å². The van der Waals surface area contributed by atoms with Crippen molar-refractivity contribution in [3.8, 4) is 5.75 Å². The minimum atomic E-state index is -2.90. The molecule has 0 bridgehead atoms. The fraction of sp³-hybridized carbons (Fsp3) is 0.500. The average Bonchev–Trinajstić information content (AvgIpc) is 2.44. The van der Waals surface area contributed by atoms with Crippen LogP contribution < -0.4 is 15.4 Å². The van der Waals surface area contributed by atoms with E-state index in [1.165, 1.54) is 6.07 Å². The molecule has 2 N–H and O–H groups in total. The molecule has 0 heterocycles. The van der Waals surface area contributed by atoms with Crippen molar-refractivity contribution in [2.75, 3.05) is 33.4 Å². The predicted molar refractivity (Wildman–Crippen MR) is 74.5 cm³/mol. The lowest BCUT2D eigenvalue weighted by atomic mass is 10.1. The molecule has 1 rings (SSSR count). The fourth-order valence-electron chi connectivity index (χ4n) is 1.69. The molecule has 0 saturated carbocycles. The second kappa shape index (κ2) is 10.1. The van der Waals surface area contributed by atoms with Gasteiger partial charge < -0.3 is 20.1 Å². The smallest absolute Gasteiger partial charge is 0.387 e. The monoisotopic (exact) mass is 302 g/mol. The zero-order valence-corrected chi connectivity index (χ0v) is 11.9. The number of methoxy groups -OCH3 is 1. The van der Waals surface area contributed by atoms with Gasteiger partial charge in [-0.25, -0.2) is 0 Å². The summed E-state index contributed by atoms with van der Waals surface area (Å²) in [6.07, 6.45) is 0.000957. The Morgan fingerprint density at radius 1 is 1.24 bits per heavy atom. The van der Waals surface area contributed by atoms with Crippen LogP contribution in [0.25, 0.3) is 0 Å². The lowest BCUT2D eigenvalue weighted by molar-refractivity contribution is -0.120. The summed E-state index contributed by atoms with van der Waals surface area (Å²) in [4.78, 5) is 11.7. The number of hydrogen-bond acceptors (Lipinski definition) is 4. The number of amides is 1. The molecule has 1 amide bonds. The van der Waals surface area contributed by atoms with Crippen LogP contribution >= 0.6 is 0 Å². The Bertz CT molecular complexity index is 430. The third-order valence-electron chi connectivity index (χ3n) is 2.65. The first-order chi connectivity index (χ1) is 10.1. The standard InChI is InChI=1S/C14H20F2N2O3/c1-20-9-8-17-6-7-18-13(19)10-11-4-2-3-5-12(11)21-14(15)16/h2-5,14,17H,6-10H2,1H3,(H,18,19). The Morgan fingerprint density at radius 3 is 2.71 bits per heavy atom. The van der Waals surface area contributed by atoms with E-state index in [-0.39, 0.29) is 18.1 Å². The van der Waals surface area contributed by atoms with Crippen LogP contribution in [0.3, 0.4) is 0 Å². The van der Waals surface area contributed by atoms with Gasteiger partial charge in [0.1, 0.15) is 5.75 Å². The van der Waals surface area contributed by atoms with Crippen molar-refractivity contribution in [2.45, 2.75) is 13.0 Å². The minimum absolute atomic E-state index is 0.000957. The number of hydrogen-bond donors (Lipinski definition) is 2. The Morgan fingerprint density at radius 2 is 2.00 bits per heavy atom. The molecule has 0 aliphatic heterocycles. The largest absolute Gasteiger partial charge is 0.435 e. The van der Waals surface area contributed by atoms with Crippen molar-refractivity contribution >= 4 is 5.91 Å². The molecule has 0 aromatic heterocycles. The van der Waals surface area contributed by atoms with Crippen LogP contribution in [-0.4, -0.2) is 45.9 Å². The number of alkyl halides is 2. The second-order valence-corrected chi connectivity index (χ2v) is 4.26. The molecule has 21 heavy (non-hydrogen) atoms. The van der Waals surface area contributed by atoms with Crippen LogP contribution in [0.15, 0.2) is 24.3 Å². The number of para-hydroxylation sites is 1. The van der Waals surface area contributed by atoms with E-state index < -0.39 is 6.61 Å². The topological polar surface area (TPSA) is 59.6 Å². The molecule has 7 heteroatoms. The third kappa shape index (κ3) is 7.57. The summed E-state index contributed by atoms with van der Waals surface area (Å²) in [5, 5.41) is 5.78. The van der Waals surface area contributed by atoms with Crippen molar-refractivity contribution in [1.82, 2.24) is 10.6 Å². The lowest BCUT2D eigenvalue weighted by Crippen LogP contribution is -2.33. The van der Waals surface area contributed by atoms with Gasteiger partial charge in [-0.15, -0.1) is 0 Å². The molecule has 1 aromatic carbocycles.